The Labute approximate surface area is 116 Å². The number of rotatable bonds is 4. The molecule has 106 valence electrons. The van der Waals surface area contributed by atoms with Crippen LogP contribution in [0.4, 0.5) is 0 Å². The molecular formula is C15H26N4. The van der Waals surface area contributed by atoms with Crippen LogP contribution in [0.1, 0.15) is 38.3 Å². The van der Waals surface area contributed by atoms with Gasteiger partial charge in [-0.05, 0) is 51.6 Å². The van der Waals surface area contributed by atoms with Gasteiger partial charge in [0.05, 0.1) is 12.0 Å². The molecule has 4 heteroatoms. The van der Waals surface area contributed by atoms with Gasteiger partial charge in [0.15, 0.2) is 0 Å². The summed E-state index contributed by atoms with van der Waals surface area (Å²) in [5.41, 5.74) is 1.36. The molecule has 2 atom stereocenters. The molecule has 0 bridgehead atoms. The number of nitrogens with zero attached hydrogens (tertiary/aromatic N) is 3. The summed E-state index contributed by atoms with van der Waals surface area (Å²) in [5, 5.41) is 3.68. The van der Waals surface area contributed by atoms with E-state index in [1.807, 2.05) is 12.5 Å². The quantitative estimate of drug-likeness (QED) is 0.899. The molecule has 2 aliphatic heterocycles. The molecule has 2 fully saturated rings. The topological polar surface area (TPSA) is 33.1 Å². The van der Waals surface area contributed by atoms with Crippen LogP contribution in [0.25, 0.3) is 0 Å². The third kappa shape index (κ3) is 3.00. The summed E-state index contributed by atoms with van der Waals surface area (Å²) in [6.07, 6.45) is 9.48. The number of aryl methyl sites for hydroxylation is 1. The molecule has 2 aliphatic rings. The molecule has 0 spiro atoms. The van der Waals surface area contributed by atoms with Crippen LogP contribution in [0, 0.1) is 5.92 Å². The molecule has 3 rings (SSSR count). The molecule has 1 N–H and O–H groups in total. The molecule has 1 aromatic rings. The Hall–Kier alpha value is -0.870. The van der Waals surface area contributed by atoms with Crippen molar-refractivity contribution in [2.45, 2.75) is 51.7 Å². The second-order valence-electron chi connectivity index (χ2n) is 6.01. The number of likely N-dealkylation sites (tertiary alicyclic amines) is 1. The van der Waals surface area contributed by atoms with E-state index in [0.717, 1.165) is 25.0 Å². The monoisotopic (exact) mass is 262 g/mol. The highest BCUT2D eigenvalue weighted by Crippen LogP contribution is 2.25. The summed E-state index contributed by atoms with van der Waals surface area (Å²) in [6, 6.07) is 0.777. The zero-order valence-electron chi connectivity index (χ0n) is 12.0. The molecular weight excluding hydrogens is 236 g/mol. The van der Waals surface area contributed by atoms with Crippen molar-refractivity contribution in [3.63, 3.8) is 0 Å². The molecule has 0 aromatic carbocycles. The van der Waals surface area contributed by atoms with Gasteiger partial charge >= 0.3 is 0 Å². The number of hydrogen-bond donors (Lipinski definition) is 1. The van der Waals surface area contributed by atoms with Crippen LogP contribution in [0.5, 0.6) is 0 Å². The minimum atomic E-state index is 0.777. The van der Waals surface area contributed by atoms with Gasteiger partial charge in [-0.1, -0.05) is 0 Å². The standard InChI is InChI=1S/C15H26N4/c1-2-19-12-16-9-14(19)11-18-8-4-5-13(10-18)15-6-3-7-17-15/h9,12-13,15,17H,2-8,10-11H2,1H3. The molecule has 0 saturated carbocycles. The van der Waals surface area contributed by atoms with Crippen LogP contribution in [0.3, 0.4) is 0 Å². The van der Waals surface area contributed by atoms with Crippen molar-refractivity contribution in [2.75, 3.05) is 19.6 Å². The summed E-state index contributed by atoms with van der Waals surface area (Å²) in [4.78, 5) is 6.90. The number of piperidine rings is 1. The fourth-order valence-electron chi connectivity index (χ4n) is 3.67. The van der Waals surface area contributed by atoms with Gasteiger partial charge in [-0.2, -0.15) is 0 Å². The highest BCUT2D eigenvalue weighted by Gasteiger charge is 2.29. The second kappa shape index (κ2) is 6.06. The lowest BCUT2D eigenvalue weighted by atomic mass is 9.90. The van der Waals surface area contributed by atoms with Gasteiger partial charge in [0.1, 0.15) is 0 Å². The van der Waals surface area contributed by atoms with Crippen molar-refractivity contribution >= 4 is 0 Å². The predicted molar refractivity (Wildman–Crippen MR) is 76.9 cm³/mol. The van der Waals surface area contributed by atoms with Gasteiger partial charge in [0.2, 0.25) is 0 Å². The first-order chi connectivity index (χ1) is 9.36. The van der Waals surface area contributed by atoms with Gasteiger partial charge in [-0.25, -0.2) is 4.98 Å². The average molecular weight is 262 g/mol. The van der Waals surface area contributed by atoms with Crippen LogP contribution in [-0.2, 0) is 13.1 Å². The Balaban J connectivity index is 1.59. The maximum absolute atomic E-state index is 4.28. The Bertz CT molecular complexity index is 395. The van der Waals surface area contributed by atoms with Gasteiger partial charge < -0.3 is 9.88 Å². The van der Waals surface area contributed by atoms with Crippen molar-refractivity contribution < 1.29 is 0 Å². The Kier molecular flexibility index (Phi) is 4.18. The molecule has 0 amide bonds. The van der Waals surface area contributed by atoms with Crippen LogP contribution < -0.4 is 5.32 Å². The average Bonchev–Trinajstić information content (AvgIpc) is 3.10. The van der Waals surface area contributed by atoms with E-state index in [1.165, 1.54) is 51.0 Å². The molecule has 4 nitrogen and oxygen atoms in total. The normalized spacial score (nSPS) is 28.9. The number of hydrogen-bond acceptors (Lipinski definition) is 3. The first kappa shape index (κ1) is 13.1. The summed E-state index contributed by atoms with van der Waals surface area (Å²) in [5.74, 6) is 0.856. The highest BCUT2D eigenvalue weighted by molar-refractivity contribution is 4.99. The molecule has 0 aliphatic carbocycles. The van der Waals surface area contributed by atoms with Crippen LogP contribution >= 0.6 is 0 Å². The van der Waals surface area contributed by atoms with E-state index in [4.69, 9.17) is 0 Å². The third-order valence-electron chi connectivity index (χ3n) is 4.73. The highest BCUT2D eigenvalue weighted by atomic mass is 15.2. The van der Waals surface area contributed by atoms with E-state index in [2.05, 4.69) is 26.7 Å². The van der Waals surface area contributed by atoms with Crippen LogP contribution in [0.2, 0.25) is 0 Å². The fourth-order valence-corrected chi connectivity index (χ4v) is 3.67. The van der Waals surface area contributed by atoms with Crippen LogP contribution in [0.15, 0.2) is 12.5 Å². The molecule has 19 heavy (non-hydrogen) atoms. The summed E-state index contributed by atoms with van der Waals surface area (Å²) in [6.45, 7) is 8.01. The van der Waals surface area contributed by atoms with E-state index >= 15 is 0 Å². The van der Waals surface area contributed by atoms with Crippen molar-refractivity contribution in [1.29, 1.82) is 0 Å². The van der Waals surface area contributed by atoms with Crippen molar-refractivity contribution in [2.24, 2.45) is 5.92 Å². The first-order valence-corrected chi connectivity index (χ1v) is 7.81. The number of aromatic nitrogens is 2. The van der Waals surface area contributed by atoms with Crippen molar-refractivity contribution in [3.05, 3.63) is 18.2 Å². The van der Waals surface area contributed by atoms with E-state index in [1.54, 1.807) is 0 Å². The molecule has 3 heterocycles. The largest absolute Gasteiger partial charge is 0.334 e. The Morgan fingerprint density at radius 3 is 3.11 bits per heavy atom. The molecule has 1 aromatic heterocycles. The van der Waals surface area contributed by atoms with Gasteiger partial charge in [-0.15, -0.1) is 0 Å². The Morgan fingerprint density at radius 1 is 1.37 bits per heavy atom. The van der Waals surface area contributed by atoms with Gasteiger partial charge in [0, 0.05) is 31.9 Å². The maximum atomic E-state index is 4.28. The molecule has 2 unspecified atom stereocenters. The fraction of sp³-hybridized carbons (Fsp3) is 0.800. The second-order valence-corrected chi connectivity index (χ2v) is 6.01. The first-order valence-electron chi connectivity index (χ1n) is 7.81. The molecule has 2 saturated heterocycles. The van der Waals surface area contributed by atoms with E-state index < -0.39 is 0 Å². The Morgan fingerprint density at radius 2 is 2.32 bits per heavy atom. The maximum Gasteiger partial charge on any atom is 0.0948 e. The van der Waals surface area contributed by atoms with E-state index in [0.29, 0.717) is 0 Å². The minimum Gasteiger partial charge on any atom is -0.334 e. The lowest BCUT2D eigenvalue weighted by Crippen LogP contribution is -2.43. The zero-order chi connectivity index (χ0) is 13.1. The van der Waals surface area contributed by atoms with Crippen molar-refractivity contribution in [1.82, 2.24) is 19.8 Å². The number of imidazole rings is 1. The van der Waals surface area contributed by atoms with E-state index in [-0.39, 0.29) is 0 Å². The van der Waals surface area contributed by atoms with Gasteiger partial charge in [-0.3, -0.25) is 4.90 Å². The van der Waals surface area contributed by atoms with E-state index in [9.17, 15) is 0 Å². The minimum absolute atomic E-state index is 0.777. The zero-order valence-corrected chi connectivity index (χ0v) is 12.0. The van der Waals surface area contributed by atoms with Gasteiger partial charge in [0.25, 0.3) is 0 Å². The smallest absolute Gasteiger partial charge is 0.0948 e. The van der Waals surface area contributed by atoms with Crippen LogP contribution in [-0.4, -0.2) is 40.1 Å². The summed E-state index contributed by atoms with van der Waals surface area (Å²) >= 11 is 0. The summed E-state index contributed by atoms with van der Waals surface area (Å²) < 4.78 is 2.26. The predicted octanol–water partition coefficient (Wildman–Crippen LogP) is 1.87. The third-order valence-corrected chi connectivity index (χ3v) is 4.73. The molecule has 0 radical (unpaired) electrons. The SMILES string of the molecule is CCn1cncc1CN1CCCC(C2CCCN2)C1. The van der Waals surface area contributed by atoms with Crippen molar-refractivity contribution in [3.8, 4) is 0 Å². The summed E-state index contributed by atoms with van der Waals surface area (Å²) in [7, 11) is 0. The number of nitrogens with one attached hydrogen (secondary N) is 1. The lowest BCUT2D eigenvalue weighted by Gasteiger charge is -2.35. The lowest BCUT2D eigenvalue weighted by molar-refractivity contribution is 0.142.